The maximum atomic E-state index is 15.4. The standard InChI is InChI=1S/C24BF20.C16H34S/c26-5-1(6(27)14(35)21(42)13(5)34)25(2-7(28)15(36)22(43)16(37)8(2)29,3-9(30)17(38)23(44)18(39)10(3)31)4-11(32)19(40)24(45)20(41)12(4)33;1-3-5-7-8-9-10-11-12-13-14-16-17-15-6-4-2/h;3-16H2,1-2H3/q-1;/p+1. The van der Waals surface area contributed by atoms with Gasteiger partial charge in [-0.2, -0.15) is 0 Å². The zero-order valence-corrected chi connectivity index (χ0v) is 33.4. The summed E-state index contributed by atoms with van der Waals surface area (Å²) in [5, 5.41) is 0. The van der Waals surface area contributed by atoms with Crippen LogP contribution in [0.4, 0.5) is 87.8 Å². The van der Waals surface area contributed by atoms with Gasteiger partial charge in [-0.05, 0) is 31.0 Å². The van der Waals surface area contributed by atoms with Crippen molar-refractivity contribution in [3.05, 3.63) is 116 Å². The number of hydrogen-bond donors (Lipinski definition) is 0. The molecule has 0 aromatic heterocycles. The van der Waals surface area contributed by atoms with Crippen molar-refractivity contribution in [2.45, 2.75) is 90.9 Å². The Morgan fingerprint density at radius 1 is 0.242 bits per heavy atom. The van der Waals surface area contributed by atoms with E-state index in [1.807, 2.05) is 0 Å². The summed E-state index contributed by atoms with van der Waals surface area (Å²) in [6, 6.07) is 0. The highest BCUT2D eigenvalue weighted by atomic mass is 32.2. The maximum Gasteiger partial charge on any atom is 0.200 e. The van der Waals surface area contributed by atoms with E-state index in [2.05, 4.69) is 13.8 Å². The van der Waals surface area contributed by atoms with E-state index in [9.17, 15) is 52.7 Å². The summed E-state index contributed by atoms with van der Waals surface area (Å²) in [5.74, 6) is -68.5. The van der Waals surface area contributed by atoms with E-state index < -0.39 is 144 Å². The molecule has 0 aliphatic rings. The van der Waals surface area contributed by atoms with E-state index >= 15 is 35.1 Å². The average molecular weight is 939 g/mol. The molecule has 0 amide bonds. The molecule has 0 atom stereocenters. The summed E-state index contributed by atoms with van der Waals surface area (Å²) < 4.78 is 294. The minimum atomic E-state index is -7.22. The van der Waals surface area contributed by atoms with Crippen LogP contribution in [0.15, 0.2) is 0 Å². The van der Waals surface area contributed by atoms with Gasteiger partial charge < -0.3 is 0 Å². The van der Waals surface area contributed by atoms with E-state index in [-0.39, 0.29) is 0 Å². The number of thiol groups is 1. The van der Waals surface area contributed by atoms with Crippen LogP contribution in [0.1, 0.15) is 90.9 Å². The van der Waals surface area contributed by atoms with Crippen LogP contribution in [-0.2, 0) is 11.8 Å². The lowest BCUT2D eigenvalue weighted by Gasteiger charge is -2.44. The van der Waals surface area contributed by atoms with Gasteiger partial charge >= 0.3 is 0 Å². The van der Waals surface area contributed by atoms with Gasteiger partial charge in [-0.1, -0.05) is 71.6 Å². The zero-order chi connectivity index (χ0) is 47.0. The Balaban J connectivity index is 0.000000509. The van der Waals surface area contributed by atoms with E-state index in [1.165, 1.54) is 88.6 Å². The van der Waals surface area contributed by atoms with Crippen LogP contribution in [0.2, 0.25) is 0 Å². The van der Waals surface area contributed by atoms with Crippen molar-refractivity contribution in [2.75, 3.05) is 11.5 Å². The van der Waals surface area contributed by atoms with E-state index in [1.54, 1.807) is 11.8 Å². The Bertz CT molecular complexity index is 1830. The Morgan fingerprint density at radius 3 is 0.645 bits per heavy atom. The number of unbranched alkanes of at least 4 members (excludes halogenated alkanes) is 10. The van der Waals surface area contributed by atoms with Crippen molar-refractivity contribution >= 4 is 39.8 Å². The molecule has 0 radical (unpaired) electrons. The van der Waals surface area contributed by atoms with Gasteiger partial charge in [-0.25, -0.2) is 87.8 Å². The highest BCUT2D eigenvalue weighted by Crippen LogP contribution is 2.31. The average Bonchev–Trinajstić information content (AvgIpc) is 3.25. The number of hydrogen-bond acceptors (Lipinski definition) is 0. The van der Waals surface area contributed by atoms with E-state index in [0.717, 1.165) is 0 Å². The summed E-state index contributed by atoms with van der Waals surface area (Å²) in [4.78, 5) is 0. The third-order valence-corrected chi connectivity index (χ3v) is 11.3. The van der Waals surface area contributed by atoms with Crippen LogP contribution >= 0.6 is 0 Å². The van der Waals surface area contributed by atoms with Gasteiger partial charge in [0.05, 0.1) is 0 Å². The van der Waals surface area contributed by atoms with Crippen molar-refractivity contribution in [2.24, 2.45) is 0 Å². The van der Waals surface area contributed by atoms with Gasteiger partial charge in [0.25, 0.3) is 0 Å². The third-order valence-electron chi connectivity index (χ3n) is 10.0. The second-order valence-electron chi connectivity index (χ2n) is 14.0. The highest BCUT2D eigenvalue weighted by molar-refractivity contribution is 7.78. The quantitative estimate of drug-likeness (QED) is 0.0177. The molecule has 0 saturated heterocycles. The first-order valence-electron chi connectivity index (χ1n) is 19.0. The molecular formula is C40H35BF20S. The largest absolute Gasteiger partial charge is 0.207 e. The molecule has 0 aliphatic heterocycles. The van der Waals surface area contributed by atoms with Gasteiger partial charge in [0.2, 0.25) is 0 Å². The van der Waals surface area contributed by atoms with Gasteiger partial charge in [-0.3, -0.25) is 0 Å². The molecular weight excluding hydrogens is 903 g/mol. The molecule has 0 N–H and O–H groups in total. The van der Waals surface area contributed by atoms with Gasteiger partial charge in [0.15, 0.2) is 69.8 Å². The van der Waals surface area contributed by atoms with E-state index in [0.29, 0.717) is 0 Å². The lowest BCUT2D eigenvalue weighted by Crippen LogP contribution is -2.81. The van der Waals surface area contributed by atoms with Crippen LogP contribution in [0.5, 0.6) is 0 Å². The van der Waals surface area contributed by atoms with Gasteiger partial charge in [-0.15, -0.1) is 21.9 Å². The minimum absolute atomic E-state index is 1.37. The smallest absolute Gasteiger partial charge is 0.200 e. The Morgan fingerprint density at radius 2 is 0.419 bits per heavy atom. The summed E-state index contributed by atoms with van der Waals surface area (Å²) in [5.41, 5.74) is -14.3. The molecule has 4 aromatic rings. The molecule has 0 aliphatic carbocycles. The number of halogens is 20. The summed E-state index contributed by atoms with van der Waals surface area (Å²) in [6.45, 7) is 4.58. The third kappa shape index (κ3) is 9.98. The molecule has 344 valence electrons. The topological polar surface area (TPSA) is 0 Å². The van der Waals surface area contributed by atoms with Crippen LogP contribution < -0.4 is 21.9 Å². The van der Waals surface area contributed by atoms with Crippen molar-refractivity contribution in [1.29, 1.82) is 0 Å². The Labute approximate surface area is 346 Å². The zero-order valence-electron chi connectivity index (χ0n) is 32.5. The fourth-order valence-electron chi connectivity index (χ4n) is 6.97. The maximum absolute atomic E-state index is 15.4. The molecule has 62 heavy (non-hydrogen) atoms. The summed E-state index contributed by atoms with van der Waals surface area (Å²) >= 11 is 1.70. The number of benzene rings is 4. The van der Waals surface area contributed by atoms with Crippen molar-refractivity contribution < 1.29 is 87.8 Å². The SMILES string of the molecule is CCCCCCCCCCCC[SH+]CCCC.Fc1c(F)c(F)c([B-](c2c(F)c(F)c(F)c(F)c2F)(c2c(F)c(F)c(F)c(F)c2F)c2c(F)c(F)c(F)c(F)c2F)c(F)c1F. The molecule has 0 spiro atoms. The molecule has 0 nitrogen and oxygen atoms in total. The predicted octanol–water partition coefficient (Wildman–Crippen LogP) is 11.4. The van der Waals surface area contributed by atoms with Gasteiger partial charge in [0, 0.05) is 0 Å². The highest BCUT2D eigenvalue weighted by Gasteiger charge is 2.52. The molecule has 4 rings (SSSR count). The molecule has 4 aromatic carbocycles. The van der Waals surface area contributed by atoms with Crippen molar-refractivity contribution in [1.82, 2.24) is 0 Å². The lowest BCUT2D eigenvalue weighted by atomic mass is 9.12. The molecule has 0 unspecified atom stereocenters. The predicted molar refractivity (Wildman–Crippen MR) is 194 cm³/mol. The monoisotopic (exact) mass is 938 g/mol. The molecule has 0 bridgehead atoms. The summed E-state index contributed by atoms with van der Waals surface area (Å²) in [7, 11) is 0. The lowest BCUT2D eigenvalue weighted by molar-refractivity contribution is 0.378. The normalized spacial score (nSPS) is 11.7. The Kier molecular flexibility index (Phi) is 19.0. The second kappa shape index (κ2) is 22.5. The summed E-state index contributed by atoms with van der Waals surface area (Å²) in [6.07, 6.45) is 10.2. The van der Waals surface area contributed by atoms with Crippen molar-refractivity contribution in [3.63, 3.8) is 0 Å². The second-order valence-corrected chi connectivity index (χ2v) is 15.3. The van der Waals surface area contributed by atoms with Crippen LogP contribution in [-0.4, -0.2) is 17.7 Å². The van der Waals surface area contributed by atoms with Crippen LogP contribution in [0.3, 0.4) is 0 Å². The fourth-order valence-corrected chi connectivity index (χ4v) is 8.18. The van der Waals surface area contributed by atoms with Gasteiger partial charge in [0.1, 0.15) is 64.2 Å². The minimum Gasteiger partial charge on any atom is -0.207 e. The first-order chi connectivity index (χ1) is 29.1. The molecule has 0 saturated carbocycles. The van der Waals surface area contributed by atoms with Crippen LogP contribution in [0, 0.1) is 116 Å². The molecule has 22 heteroatoms. The Hall–Kier alpha value is -4.11. The van der Waals surface area contributed by atoms with E-state index in [4.69, 9.17) is 0 Å². The molecule has 0 fully saturated rings. The molecule has 0 heterocycles. The number of rotatable bonds is 18. The fraction of sp³-hybridized carbons (Fsp3) is 0.400. The van der Waals surface area contributed by atoms with Crippen molar-refractivity contribution in [3.8, 4) is 0 Å². The first-order valence-corrected chi connectivity index (χ1v) is 20.2. The first kappa shape index (κ1) is 52.2. The van der Waals surface area contributed by atoms with Crippen LogP contribution in [0.25, 0.3) is 0 Å².